The Labute approximate surface area is 63.4 Å². The molecule has 0 bridgehead atoms. The number of nitrogens with zero attached hydrogens (tertiary/aromatic N) is 1. The second-order valence-corrected chi connectivity index (χ2v) is 3.78. The molecule has 0 radical (unpaired) electrons. The molecule has 0 aliphatic carbocycles. The highest BCUT2D eigenvalue weighted by atomic mass is 15.2. The molecule has 1 nitrogen and oxygen atoms in total. The molecule has 0 N–H and O–H groups in total. The summed E-state index contributed by atoms with van der Waals surface area (Å²) in [6.07, 6.45) is 5.39. The van der Waals surface area contributed by atoms with Crippen molar-refractivity contribution in [3.63, 3.8) is 0 Å². The van der Waals surface area contributed by atoms with Crippen molar-refractivity contribution in [1.82, 2.24) is 4.90 Å². The molecule has 1 rings (SSSR count). The van der Waals surface area contributed by atoms with Crippen LogP contribution in [0, 0.1) is 23.7 Å². The Hall–Kier alpha value is -0.480. The van der Waals surface area contributed by atoms with E-state index in [0.717, 1.165) is 13.1 Å². The molecule has 1 aliphatic rings. The first kappa shape index (κ1) is 7.63. The predicted molar refractivity (Wildman–Crippen MR) is 43.6 cm³/mol. The van der Waals surface area contributed by atoms with Gasteiger partial charge in [0.2, 0.25) is 0 Å². The minimum Gasteiger partial charge on any atom is -0.306 e. The highest BCUT2D eigenvalue weighted by molar-refractivity contribution is 5.07. The highest BCUT2D eigenvalue weighted by Crippen LogP contribution is 2.32. The molecule has 1 heterocycles. The Morgan fingerprint density at radius 2 is 2.00 bits per heavy atom. The smallest absolute Gasteiger partial charge is 0.0308 e. The number of hydrogen-bond acceptors (Lipinski definition) is 1. The SMILES string of the molecule is C#CC(C)(C)C1CN(C)C1. The van der Waals surface area contributed by atoms with Crippen molar-refractivity contribution in [3.05, 3.63) is 0 Å². The molecule has 10 heavy (non-hydrogen) atoms. The van der Waals surface area contributed by atoms with Crippen LogP contribution < -0.4 is 0 Å². The van der Waals surface area contributed by atoms with Crippen molar-refractivity contribution >= 4 is 0 Å². The van der Waals surface area contributed by atoms with E-state index < -0.39 is 0 Å². The van der Waals surface area contributed by atoms with Gasteiger partial charge >= 0.3 is 0 Å². The molecule has 0 saturated carbocycles. The predicted octanol–water partition coefficient (Wildman–Crippen LogP) is 1.21. The summed E-state index contributed by atoms with van der Waals surface area (Å²) >= 11 is 0. The summed E-state index contributed by atoms with van der Waals surface area (Å²) < 4.78 is 0. The van der Waals surface area contributed by atoms with Gasteiger partial charge in [0.15, 0.2) is 0 Å². The largest absolute Gasteiger partial charge is 0.306 e. The fourth-order valence-electron chi connectivity index (χ4n) is 1.27. The second-order valence-electron chi connectivity index (χ2n) is 3.78. The lowest BCUT2D eigenvalue weighted by Gasteiger charge is -2.43. The summed E-state index contributed by atoms with van der Waals surface area (Å²) in [5, 5.41) is 0. The Kier molecular flexibility index (Phi) is 1.74. The fraction of sp³-hybridized carbons (Fsp3) is 0.778. The van der Waals surface area contributed by atoms with Crippen molar-refractivity contribution in [3.8, 4) is 12.3 Å². The van der Waals surface area contributed by atoms with Crippen molar-refractivity contribution in [2.45, 2.75) is 13.8 Å². The van der Waals surface area contributed by atoms with Gasteiger partial charge in [0.05, 0.1) is 0 Å². The average molecular weight is 137 g/mol. The standard InChI is InChI=1S/C9H15N/c1-5-9(2,3)8-6-10(4)7-8/h1,8H,6-7H2,2-4H3. The monoisotopic (exact) mass is 137 g/mol. The summed E-state index contributed by atoms with van der Waals surface area (Å²) in [5.41, 5.74) is 0.104. The number of likely N-dealkylation sites (tertiary alicyclic amines) is 1. The van der Waals surface area contributed by atoms with Crippen LogP contribution in [0.3, 0.4) is 0 Å². The van der Waals surface area contributed by atoms with Crippen LogP contribution in [-0.4, -0.2) is 25.0 Å². The van der Waals surface area contributed by atoms with E-state index in [-0.39, 0.29) is 5.41 Å². The summed E-state index contributed by atoms with van der Waals surface area (Å²) in [5.74, 6) is 3.55. The first-order valence-electron chi connectivity index (χ1n) is 3.72. The molecular formula is C9H15N. The highest BCUT2D eigenvalue weighted by Gasteiger charge is 2.35. The van der Waals surface area contributed by atoms with Crippen LogP contribution in [0.5, 0.6) is 0 Å². The third kappa shape index (κ3) is 1.17. The van der Waals surface area contributed by atoms with Crippen molar-refractivity contribution in [2.24, 2.45) is 11.3 Å². The quantitative estimate of drug-likeness (QED) is 0.491. The minimum atomic E-state index is 0.104. The van der Waals surface area contributed by atoms with Gasteiger partial charge in [-0.05, 0) is 20.9 Å². The summed E-state index contributed by atoms with van der Waals surface area (Å²) in [6.45, 7) is 6.61. The maximum atomic E-state index is 5.39. The van der Waals surface area contributed by atoms with E-state index in [1.807, 2.05) is 0 Å². The first-order valence-corrected chi connectivity index (χ1v) is 3.72. The van der Waals surface area contributed by atoms with Crippen LogP contribution in [-0.2, 0) is 0 Å². The van der Waals surface area contributed by atoms with Gasteiger partial charge in [-0.2, -0.15) is 0 Å². The van der Waals surface area contributed by atoms with Gasteiger partial charge in [0.1, 0.15) is 0 Å². The maximum absolute atomic E-state index is 5.39. The Bertz CT molecular complexity index is 158. The molecule has 1 fully saturated rings. The van der Waals surface area contributed by atoms with Crippen LogP contribution in [0.25, 0.3) is 0 Å². The van der Waals surface area contributed by atoms with E-state index in [1.54, 1.807) is 0 Å². The van der Waals surface area contributed by atoms with Gasteiger partial charge in [0, 0.05) is 24.4 Å². The Morgan fingerprint density at radius 1 is 1.50 bits per heavy atom. The third-order valence-corrected chi connectivity index (χ3v) is 2.46. The molecule has 0 aromatic heterocycles. The molecule has 0 aromatic rings. The van der Waals surface area contributed by atoms with Gasteiger partial charge in [-0.3, -0.25) is 0 Å². The lowest BCUT2D eigenvalue weighted by Crippen LogP contribution is -2.50. The molecule has 0 aromatic carbocycles. The number of rotatable bonds is 1. The first-order chi connectivity index (χ1) is 4.56. The Morgan fingerprint density at radius 3 is 2.30 bits per heavy atom. The van der Waals surface area contributed by atoms with E-state index in [0.29, 0.717) is 5.92 Å². The molecule has 0 unspecified atom stereocenters. The van der Waals surface area contributed by atoms with Gasteiger partial charge in [0.25, 0.3) is 0 Å². The van der Waals surface area contributed by atoms with E-state index in [2.05, 4.69) is 31.7 Å². The van der Waals surface area contributed by atoms with Gasteiger partial charge in [-0.1, -0.05) is 0 Å². The molecule has 1 saturated heterocycles. The van der Waals surface area contributed by atoms with Crippen LogP contribution in [0.15, 0.2) is 0 Å². The average Bonchev–Trinajstić information content (AvgIpc) is 1.81. The lowest BCUT2D eigenvalue weighted by molar-refractivity contribution is 0.0666. The molecule has 1 aliphatic heterocycles. The van der Waals surface area contributed by atoms with Crippen LogP contribution in [0.4, 0.5) is 0 Å². The van der Waals surface area contributed by atoms with Gasteiger partial charge < -0.3 is 4.90 Å². The van der Waals surface area contributed by atoms with E-state index >= 15 is 0 Å². The zero-order valence-electron chi connectivity index (χ0n) is 7.02. The van der Waals surface area contributed by atoms with E-state index in [1.165, 1.54) is 0 Å². The van der Waals surface area contributed by atoms with Gasteiger partial charge in [-0.25, -0.2) is 0 Å². The molecular weight excluding hydrogens is 122 g/mol. The fourth-order valence-corrected chi connectivity index (χ4v) is 1.27. The van der Waals surface area contributed by atoms with Crippen LogP contribution in [0.1, 0.15) is 13.8 Å². The van der Waals surface area contributed by atoms with Crippen molar-refractivity contribution in [1.29, 1.82) is 0 Å². The van der Waals surface area contributed by atoms with Crippen molar-refractivity contribution < 1.29 is 0 Å². The topological polar surface area (TPSA) is 3.24 Å². The van der Waals surface area contributed by atoms with Crippen molar-refractivity contribution in [2.75, 3.05) is 20.1 Å². The second kappa shape index (κ2) is 2.29. The minimum absolute atomic E-state index is 0.104. The summed E-state index contributed by atoms with van der Waals surface area (Å²) in [7, 11) is 2.13. The molecule has 0 atom stereocenters. The van der Waals surface area contributed by atoms with Crippen LogP contribution in [0.2, 0.25) is 0 Å². The molecule has 1 heteroatoms. The zero-order chi connectivity index (χ0) is 7.78. The summed E-state index contributed by atoms with van der Waals surface area (Å²) in [6, 6.07) is 0. The molecule has 0 amide bonds. The Balaban J connectivity index is 2.46. The number of hydrogen-bond donors (Lipinski definition) is 0. The maximum Gasteiger partial charge on any atom is 0.0308 e. The summed E-state index contributed by atoms with van der Waals surface area (Å²) in [4.78, 5) is 2.30. The van der Waals surface area contributed by atoms with Crippen LogP contribution >= 0.6 is 0 Å². The normalized spacial score (nSPS) is 21.8. The molecule has 56 valence electrons. The molecule has 0 spiro atoms. The number of terminal acetylenes is 1. The van der Waals surface area contributed by atoms with Gasteiger partial charge in [-0.15, -0.1) is 12.3 Å². The lowest BCUT2D eigenvalue weighted by atomic mass is 9.75. The van der Waals surface area contributed by atoms with E-state index in [9.17, 15) is 0 Å². The third-order valence-electron chi connectivity index (χ3n) is 2.46. The zero-order valence-corrected chi connectivity index (χ0v) is 7.02. The van der Waals surface area contributed by atoms with E-state index in [4.69, 9.17) is 6.42 Å².